The van der Waals surface area contributed by atoms with Crippen molar-refractivity contribution in [3.05, 3.63) is 30.3 Å². The van der Waals surface area contributed by atoms with E-state index in [1.807, 2.05) is 0 Å². The molecule has 0 N–H and O–H groups in total. The topological polar surface area (TPSA) is 0 Å². The Morgan fingerprint density at radius 2 is 0.521 bits per heavy atom. The van der Waals surface area contributed by atoms with Crippen molar-refractivity contribution in [3.8, 4) is 0 Å². The quantitative estimate of drug-likeness (QED) is 0.0364. The number of halogens is 1. The van der Waals surface area contributed by atoms with Crippen molar-refractivity contribution >= 4 is 23.6 Å². The van der Waals surface area contributed by atoms with Crippen LogP contribution in [-0.4, -0.2) is 7.38 Å². The molecule has 48 heavy (non-hydrogen) atoms. The minimum Gasteiger partial charge on any atom is -0.161 e. The predicted molar refractivity (Wildman–Crippen MR) is 225 cm³/mol. The molecule has 0 saturated heterocycles. The largest absolute Gasteiger partial charge is 0.186 e. The summed E-state index contributed by atoms with van der Waals surface area (Å²) in [6, 6.07) is 13.8. The lowest BCUT2D eigenvalue weighted by molar-refractivity contribution is 0.526. The molecule has 282 valence electrons. The fraction of sp³-hybridized carbons (Fsp3) is 0.870. The van der Waals surface area contributed by atoms with Gasteiger partial charge in [0.15, 0.2) is 7.38 Å². The van der Waals surface area contributed by atoms with Crippen molar-refractivity contribution in [3.63, 3.8) is 0 Å². The van der Waals surface area contributed by atoms with Gasteiger partial charge in [-0.1, -0.05) is 275 Å². The van der Waals surface area contributed by atoms with Crippen molar-refractivity contribution in [1.82, 2.24) is 0 Å². The SMILES string of the molecule is CCCCCCCCCCCCCCCCCCCC[Si](Cl)(CCCCCCCCCCCCCCCCCCCC)c1ccccc1. The monoisotopic (exact) mass is 703 g/mol. The lowest BCUT2D eigenvalue weighted by Crippen LogP contribution is -2.41. The Hall–Kier alpha value is -0.273. The van der Waals surface area contributed by atoms with Gasteiger partial charge in [0.2, 0.25) is 0 Å². The predicted octanol–water partition coefficient (Wildman–Crippen LogP) is 17.2. The molecule has 0 fully saturated rings. The van der Waals surface area contributed by atoms with Crippen LogP contribution in [0.3, 0.4) is 0 Å². The van der Waals surface area contributed by atoms with E-state index in [0.717, 1.165) is 0 Å². The third-order valence-corrected chi connectivity index (χ3v) is 16.6. The van der Waals surface area contributed by atoms with Crippen LogP contribution >= 0.6 is 11.1 Å². The van der Waals surface area contributed by atoms with Crippen molar-refractivity contribution < 1.29 is 0 Å². The average Bonchev–Trinajstić information content (AvgIpc) is 3.11. The standard InChI is InChI=1S/C46H87ClSi/c1-3-5-7-9-11-13-15-17-19-21-23-25-27-29-31-33-35-40-44-48(47,46-42-38-37-39-43-46)45-41-36-34-32-30-28-26-24-22-20-18-16-14-12-10-8-6-4-2/h37-39,42-43H,3-36,40-41,44-45H2,1-2H3. The van der Waals surface area contributed by atoms with Crippen LogP contribution in [-0.2, 0) is 0 Å². The van der Waals surface area contributed by atoms with E-state index in [9.17, 15) is 0 Å². The molecule has 0 aliphatic carbocycles. The van der Waals surface area contributed by atoms with Crippen molar-refractivity contribution in [2.75, 3.05) is 0 Å². The highest BCUT2D eigenvalue weighted by Gasteiger charge is 2.31. The molecule has 2 heteroatoms. The van der Waals surface area contributed by atoms with E-state index in [-0.39, 0.29) is 0 Å². The van der Waals surface area contributed by atoms with E-state index < -0.39 is 7.38 Å². The molecule has 1 aromatic rings. The van der Waals surface area contributed by atoms with E-state index in [1.54, 1.807) is 0 Å². The molecular formula is C46H87ClSi. The smallest absolute Gasteiger partial charge is 0.161 e. The number of hydrogen-bond acceptors (Lipinski definition) is 0. The second kappa shape index (κ2) is 36.5. The highest BCUT2D eigenvalue weighted by Crippen LogP contribution is 2.28. The number of rotatable bonds is 39. The van der Waals surface area contributed by atoms with Gasteiger partial charge >= 0.3 is 0 Å². The molecule has 0 amide bonds. The highest BCUT2D eigenvalue weighted by molar-refractivity contribution is 7.27. The van der Waals surface area contributed by atoms with Gasteiger partial charge in [-0.25, -0.2) is 0 Å². The van der Waals surface area contributed by atoms with Gasteiger partial charge in [0.05, 0.1) is 0 Å². The number of benzene rings is 1. The van der Waals surface area contributed by atoms with Gasteiger partial charge in [-0.3, -0.25) is 0 Å². The molecule has 0 aliphatic heterocycles. The van der Waals surface area contributed by atoms with Crippen LogP contribution < -0.4 is 5.19 Å². The van der Waals surface area contributed by atoms with Gasteiger partial charge in [0, 0.05) is 0 Å². The Labute approximate surface area is 309 Å². The van der Waals surface area contributed by atoms with Crippen LogP contribution in [0.4, 0.5) is 0 Å². The van der Waals surface area contributed by atoms with E-state index in [1.165, 1.54) is 248 Å². The molecule has 0 aliphatic rings. The molecule has 1 aromatic carbocycles. The first kappa shape index (κ1) is 45.7. The Morgan fingerprint density at radius 3 is 0.750 bits per heavy atom. The van der Waals surface area contributed by atoms with Crippen LogP contribution in [0.25, 0.3) is 0 Å². The zero-order chi connectivity index (χ0) is 34.5. The average molecular weight is 704 g/mol. The summed E-state index contributed by atoms with van der Waals surface area (Å²) in [5, 5.41) is 1.49. The van der Waals surface area contributed by atoms with Crippen LogP contribution in [0.1, 0.15) is 245 Å². The van der Waals surface area contributed by atoms with Gasteiger partial charge in [0.25, 0.3) is 0 Å². The van der Waals surface area contributed by atoms with E-state index >= 15 is 0 Å². The molecule has 0 aromatic heterocycles. The summed E-state index contributed by atoms with van der Waals surface area (Å²) in [4.78, 5) is 0. The lowest BCUT2D eigenvalue weighted by atomic mass is 10.0. The summed E-state index contributed by atoms with van der Waals surface area (Å²) in [5.41, 5.74) is 0. The van der Waals surface area contributed by atoms with Crippen molar-refractivity contribution in [2.45, 2.75) is 257 Å². The molecule has 0 spiro atoms. The normalized spacial score (nSPS) is 11.9. The maximum absolute atomic E-state index is 7.56. The van der Waals surface area contributed by atoms with E-state index in [0.29, 0.717) is 0 Å². The summed E-state index contributed by atoms with van der Waals surface area (Å²) in [6.45, 7) is 4.62. The fourth-order valence-electron chi connectivity index (χ4n) is 7.76. The molecule has 0 bridgehead atoms. The van der Waals surface area contributed by atoms with E-state index in [4.69, 9.17) is 11.1 Å². The maximum Gasteiger partial charge on any atom is 0.186 e. The first-order valence-corrected chi connectivity index (χ1v) is 25.9. The Morgan fingerprint density at radius 1 is 0.312 bits per heavy atom. The zero-order valence-electron chi connectivity index (χ0n) is 33.1. The second-order valence-electron chi connectivity index (χ2n) is 15.9. The summed E-state index contributed by atoms with van der Waals surface area (Å²) < 4.78 is 0. The molecule has 0 nitrogen and oxygen atoms in total. The van der Waals surface area contributed by atoms with E-state index in [2.05, 4.69) is 44.2 Å². The number of unbranched alkanes of at least 4 members (excludes halogenated alkanes) is 34. The number of hydrogen-bond donors (Lipinski definition) is 0. The lowest BCUT2D eigenvalue weighted by Gasteiger charge is -2.25. The molecule has 0 atom stereocenters. The minimum atomic E-state index is -1.87. The third kappa shape index (κ3) is 29.5. The van der Waals surface area contributed by atoms with Gasteiger partial charge < -0.3 is 0 Å². The van der Waals surface area contributed by atoms with Gasteiger partial charge in [-0.2, -0.15) is 11.1 Å². The molecule has 1 rings (SSSR count). The zero-order valence-corrected chi connectivity index (χ0v) is 34.9. The minimum absolute atomic E-state index is 1.27. The summed E-state index contributed by atoms with van der Waals surface area (Å²) in [5.74, 6) is 0. The van der Waals surface area contributed by atoms with Crippen LogP contribution in [0, 0.1) is 0 Å². The van der Waals surface area contributed by atoms with Crippen LogP contribution in [0.2, 0.25) is 12.1 Å². The first-order chi connectivity index (χ1) is 23.7. The molecule has 0 unspecified atom stereocenters. The molecule has 0 saturated carbocycles. The first-order valence-electron chi connectivity index (χ1n) is 22.5. The second-order valence-corrected chi connectivity index (χ2v) is 21.5. The van der Waals surface area contributed by atoms with Gasteiger partial charge in [-0.15, -0.1) is 0 Å². The summed E-state index contributed by atoms with van der Waals surface area (Å²) >= 11 is 7.56. The van der Waals surface area contributed by atoms with Crippen LogP contribution in [0.5, 0.6) is 0 Å². The third-order valence-electron chi connectivity index (χ3n) is 11.1. The Kier molecular flexibility index (Phi) is 34.8. The highest BCUT2D eigenvalue weighted by atomic mass is 35.6. The van der Waals surface area contributed by atoms with Crippen molar-refractivity contribution in [1.29, 1.82) is 0 Å². The van der Waals surface area contributed by atoms with Gasteiger partial charge in [0.1, 0.15) is 0 Å². The van der Waals surface area contributed by atoms with Crippen LogP contribution in [0.15, 0.2) is 30.3 Å². The molecular weight excluding hydrogens is 616 g/mol. The molecule has 0 radical (unpaired) electrons. The maximum atomic E-state index is 7.56. The Balaban J connectivity index is 1.99. The fourth-order valence-corrected chi connectivity index (χ4v) is 12.2. The Bertz CT molecular complexity index is 693. The summed E-state index contributed by atoms with van der Waals surface area (Å²) in [7, 11) is -1.87. The van der Waals surface area contributed by atoms with Crippen molar-refractivity contribution in [2.24, 2.45) is 0 Å². The summed E-state index contributed by atoms with van der Waals surface area (Å²) in [6.07, 6.45) is 51.9. The van der Waals surface area contributed by atoms with Gasteiger partial charge in [-0.05, 0) is 17.3 Å². The molecule has 0 heterocycles.